The largest absolute Gasteiger partial charge is 0.465 e. The highest BCUT2D eigenvalue weighted by Crippen LogP contribution is 2.31. The molecule has 0 spiro atoms. The zero-order valence-electron chi connectivity index (χ0n) is 11.3. The van der Waals surface area contributed by atoms with E-state index in [-0.39, 0.29) is 23.0 Å². The molecule has 116 valence electrons. The van der Waals surface area contributed by atoms with Gasteiger partial charge in [0.1, 0.15) is 6.54 Å². The van der Waals surface area contributed by atoms with Crippen LogP contribution in [0.5, 0.6) is 0 Å². The quantitative estimate of drug-likeness (QED) is 0.443. The first-order chi connectivity index (χ1) is 9.66. The standard InChI is InChI=1S/C11H13ClN2O6S/c1-3-20-11(15)7-13(21(2,18)19)10-6-8(14(16)17)4-5-9(10)12/h4-6H,3,7H2,1-2H3. The second-order valence-corrected chi connectivity index (χ2v) is 6.28. The fraction of sp³-hybridized carbons (Fsp3) is 0.364. The van der Waals surface area contributed by atoms with Crippen LogP contribution in [0.1, 0.15) is 6.92 Å². The van der Waals surface area contributed by atoms with Crippen LogP contribution in [0.25, 0.3) is 0 Å². The average Bonchev–Trinajstić information content (AvgIpc) is 2.35. The molecule has 0 heterocycles. The minimum absolute atomic E-state index is 0.0321. The van der Waals surface area contributed by atoms with Gasteiger partial charge in [-0.2, -0.15) is 0 Å². The number of ether oxygens (including phenoxy) is 1. The summed E-state index contributed by atoms with van der Waals surface area (Å²) in [6.45, 7) is 1.04. The number of halogens is 1. The fourth-order valence-electron chi connectivity index (χ4n) is 1.51. The summed E-state index contributed by atoms with van der Waals surface area (Å²) in [5, 5.41) is 10.7. The van der Waals surface area contributed by atoms with Crippen molar-refractivity contribution >= 4 is 39.0 Å². The number of esters is 1. The molecule has 0 bridgehead atoms. The molecule has 0 fully saturated rings. The van der Waals surface area contributed by atoms with E-state index in [4.69, 9.17) is 11.6 Å². The van der Waals surface area contributed by atoms with Crippen LogP contribution in [0.15, 0.2) is 18.2 Å². The van der Waals surface area contributed by atoms with Crippen molar-refractivity contribution in [3.05, 3.63) is 33.3 Å². The van der Waals surface area contributed by atoms with E-state index in [0.29, 0.717) is 4.31 Å². The van der Waals surface area contributed by atoms with Crippen LogP contribution in [-0.2, 0) is 19.6 Å². The smallest absolute Gasteiger partial charge is 0.326 e. The molecule has 0 aliphatic rings. The fourth-order valence-corrected chi connectivity index (χ4v) is 2.63. The van der Waals surface area contributed by atoms with E-state index < -0.39 is 27.5 Å². The molecule has 0 atom stereocenters. The third-order valence-electron chi connectivity index (χ3n) is 2.39. The van der Waals surface area contributed by atoms with Gasteiger partial charge in [0.15, 0.2) is 0 Å². The van der Waals surface area contributed by atoms with Gasteiger partial charge in [0.2, 0.25) is 10.0 Å². The van der Waals surface area contributed by atoms with Gasteiger partial charge >= 0.3 is 5.97 Å². The van der Waals surface area contributed by atoms with Crippen LogP contribution in [0, 0.1) is 10.1 Å². The summed E-state index contributed by atoms with van der Waals surface area (Å²) < 4.78 is 28.9. The summed E-state index contributed by atoms with van der Waals surface area (Å²) in [4.78, 5) is 21.6. The summed E-state index contributed by atoms with van der Waals surface area (Å²) in [6, 6.07) is 3.32. The normalized spacial score (nSPS) is 11.0. The number of hydrogen-bond acceptors (Lipinski definition) is 6. The van der Waals surface area contributed by atoms with Crippen LogP contribution in [-0.4, -0.2) is 38.7 Å². The number of benzene rings is 1. The molecular formula is C11H13ClN2O6S. The molecule has 0 saturated heterocycles. The van der Waals surface area contributed by atoms with Crippen molar-refractivity contribution in [1.29, 1.82) is 0 Å². The van der Waals surface area contributed by atoms with Crippen molar-refractivity contribution in [2.75, 3.05) is 23.7 Å². The first-order valence-electron chi connectivity index (χ1n) is 5.74. The Morgan fingerprint density at radius 1 is 1.48 bits per heavy atom. The lowest BCUT2D eigenvalue weighted by atomic mass is 10.3. The Labute approximate surface area is 126 Å². The molecule has 0 N–H and O–H groups in total. The number of carbonyl (C=O) groups excluding carboxylic acids is 1. The molecule has 0 aliphatic carbocycles. The third kappa shape index (κ3) is 4.57. The van der Waals surface area contributed by atoms with Gasteiger partial charge in [-0.15, -0.1) is 0 Å². The molecule has 10 heteroatoms. The van der Waals surface area contributed by atoms with Crippen molar-refractivity contribution in [1.82, 2.24) is 0 Å². The van der Waals surface area contributed by atoms with Crippen molar-refractivity contribution in [2.24, 2.45) is 0 Å². The van der Waals surface area contributed by atoms with Gasteiger partial charge in [-0.1, -0.05) is 11.6 Å². The molecule has 21 heavy (non-hydrogen) atoms. The predicted octanol–water partition coefficient (Wildman–Crippen LogP) is 1.58. The van der Waals surface area contributed by atoms with Gasteiger partial charge in [0.05, 0.1) is 28.5 Å². The second-order valence-electron chi connectivity index (χ2n) is 3.97. The molecule has 0 amide bonds. The minimum Gasteiger partial charge on any atom is -0.465 e. The molecule has 8 nitrogen and oxygen atoms in total. The molecular weight excluding hydrogens is 324 g/mol. The van der Waals surface area contributed by atoms with E-state index in [1.54, 1.807) is 6.92 Å². The van der Waals surface area contributed by atoms with Gasteiger partial charge in [-0.05, 0) is 13.0 Å². The first-order valence-corrected chi connectivity index (χ1v) is 7.96. The Hall–Kier alpha value is -1.87. The number of nitro benzene ring substituents is 1. The lowest BCUT2D eigenvalue weighted by molar-refractivity contribution is -0.384. The number of non-ortho nitro benzene ring substituents is 1. The molecule has 0 aromatic heterocycles. The number of hydrogen-bond donors (Lipinski definition) is 0. The highest BCUT2D eigenvalue weighted by atomic mass is 35.5. The van der Waals surface area contributed by atoms with Crippen LogP contribution in [0.4, 0.5) is 11.4 Å². The van der Waals surface area contributed by atoms with Crippen molar-refractivity contribution in [2.45, 2.75) is 6.92 Å². The Morgan fingerprint density at radius 2 is 2.10 bits per heavy atom. The monoisotopic (exact) mass is 336 g/mol. The Bertz CT molecular complexity index is 661. The maximum Gasteiger partial charge on any atom is 0.326 e. The molecule has 0 saturated carbocycles. The summed E-state index contributed by atoms with van der Waals surface area (Å²) >= 11 is 5.88. The number of rotatable bonds is 6. The molecule has 1 aromatic rings. The highest BCUT2D eigenvalue weighted by molar-refractivity contribution is 7.92. The average molecular weight is 337 g/mol. The molecule has 1 aromatic carbocycles. The lowest BCUT2D eigenvalue weighted by Gasteiger charge is -2.22. The van der Waals surface area contributed by atoms with Gasteiger partial charge < -0.3 is 4.74 Å². The molecule has 1 rings (SSSR count). The zero-order chi connectivity index (χ0) is 16.2. The number of nitro groups is 1. The van der Waals surface area contributed by atoms with Crippen LogP contribution in [0.3, 0.4) is 0 Å². The summed E-state index contributed by atoms with van der Waals surface area (Å²) in [5.41, 5.74) is -0.492. The second kappa shape index (κ2) is 6.72. The van der Waals surface area contributed by atoms with Crippen LogP contribution in [0.2, 0.25) is 5.02 Å². The van der Waals surface area contributed by atoms with E-state index in [0.717, 1.165) is 18.4 Å². The Balaban J connectivity index is 3.30. The van der Waals surface area contributed by atoms with Gasteiger partial charge in [-0.3, -0.25) is 19.2 Å². The minimum atomic E-state index is -3.87. The summed E-state index contributed by atoms with van der Waals surface area (Å²) in [5.74, 6) is -0.787. The van der Waals surface area contributed by atoms with E-state index >= 15 is 0 Å². The SMILES string of the molecule is CCOC(=O)CN(c1cc([N+](=O)[O-])ccc1Cl)S(C)(=O)=O. The predicted molar refractivity (Wildman–Crippen MR) is 76.9 cm³/mol. The van der Waals surface area contributed by atoms with Gasteiger partial charge in [0.25, 0.3) is 5.69 Å². The van der Waals surface area contributed by atoms with E-state index in [1.807, 2.05) is 0 Å². The molecule has 0 radical (unpaired) electrons. The Morgan fingerprint density at radius 3 is 2.57 bits per heavy atom. The van der Waals surface area contributed by atoms with Crippen LogP contribution < -0.4 is 4.31 Å². The lowest BCUT2D eigenvalue weighted by Crippen LogP contribution is -2.36. The molecule has 0 aliphatic heterocycles. The van der Waals surface area contributed by atoms with Gasteiger partial charge in [0, 0.05) is 12.1 Å². The maximum absolute atomic E-state index is 11.8. The van der Waals surface area contributed by atoms with Crippen molar-refractivity contribution in [3.8, 4) is 0 Å². The molecule has 0 unspecified atom stereocenters. The number of nitrogens with zero attached hydrogens (tertiary/aromatic N) is 2. The zero-order valence-corrected chi connectivity index (χ0v) is 12.8. The van der Waals surface area contributed by atoms with Crippen molar-refractivity contribution < 1.29 is 22.9 Å². The van der Waals surface area contributed by atoms with Gasteiger partial charge in [-0.25, -0.2) is 8.42 Å². The number of carbonyl (C=O) groups is 1. The topological polar surface area (TPSA) is 107 Å². The van der Waals surface area contributed by atoms with E-state index in [2.05, 4.69) is 4.74 Å². The number of sulfonamides is 1. The van der Waals surface area contributed by atoms with E-state index in [1.165, 1.54) is 6.07 Å². The third-order valence-corrected chi connectivity index (χ3v) is 3.83. The Kier molecular flexibility index (Phi) is 5.50. The van der Waals surface area contributed by atoms with E-state index in [9.17, 15) is 23.3 Å². The highest BCUT2D eigenvalue weighted by Gasteiger charge is 2.25. The van der Waals surface area contributed by atoms with Crippen molar-refractivity contribution in [3.63, 3.8) is 0 Å². The summed E-state index contributed by atoms with van der Waals surface area (Å²) in [6.07, 6.45) is 0.862. The summed E-state index contributed by atoms with van der Waals surface area (Å²) in [7, 11) is -3.87. The first kappa shape index (κ1) is 17.2. The number of anilines is 1. The van der Waals surface area contributed by atoms with Crippen LogP contribution >= 0.6 is 11.6 Å². The maximum atomic E-state index is 11.8.